The van der Waals surface area contributed by atoms with Crippen molar-refractivity contribution in [3.63, 3.8) is 0 Å². The maximum atomic E-state index is 12.6. The lowest BCUT2D eigenvalue weighted by Gasteiger charge is -2.34. The summed E-state index contributed by atoms with van der Waals surface area (Å²) in [4.78, 5) is 2.35. The van der Waals surface area contributed by atoms with Crippen molar-refractivity contribution in [3.05, 3.63) is 23.8 Å². The maximum Gasteiger partial charge on any atom is 0.387 e. The minimum Gasteiger partial charge on any atom is -0.497 e. The lowest BCUT2D eigenvalue weighted by molar-refractivity contribution is -0.0508. The molecule has 2 heterocycles. The van der Waals surface area contributed by atoms with Crippen LogP contribution in [-0.2, 0) is 6.54 Å². The number of ether oxygens (including phenoxy) is 2. The standard InChI is InChI=1S/C17H24F2N2O2.ClH/c1-22-14-2-3-15(23-16(18)19)13(10-14)11-21-9-6-17(12-21)4-7-20-8-5-17;/h2-3,10,16,20H,4-9,11-12H2,1H3;1H. The summed E-state index contributed by atoms with van der Waals surface area (Å²) in [6.07, 6.45) is 3.58. The Morgan fingerprint density at radius 3 is 2.67 bits per heavy atom. The molecule has 0 radical (unpaired) electrons. The fourth-order valence-corrected chi connectivity index (χ4v) is 3.79. The lowest BCUT2D eigenvalue weighted by atomic mass is 9.78. The first-order chi connectivity index (χ1) is 11.1. The van der Waals surface area contributed by atoms with Crippen LogP contribution in [0, 0.1) is 5.41 Å². The number of alkyl halides is 2. The van der Waals surface area contributed by atoms with Gasteiger partial charge in [-0.2, -0.15) is 8.78 Å². The molecule has 0 unspecified atom stereocenters. The smallest absolute Gasteiger partial charge is 0.387 e. The zero-order valence-electron chi connectivity index (χ0n) is 13.9. The molecule has 1 spiro atoms. The number of benzene rings is 1. The van der Waals surface area contributed by atoms with Crippen LogP contribution in [0.1, 0.15) is 24.8 Å². The molecular formula is C17H25ClF2N2O2. The van der Waals surface area contributed by atoms with Crippen molar-refractivity contribution in [2.45, 2.75) is 32.4 Å². The third kappa shape index (κ3) is 4.49. The second-order valence-electron chi connectivity index (χ2n) is 6.56. The number of halogens is 3. The molecule has 1 aromatic rings. The van der Waals surface area contributed by atoms with Crippen LogP contribution in [0.3, 0.4) is 0 Å². The Kier molecular flexibility index (Phi) is 6.66. The number of rotatable bonds is 5. The van der Waals surface area contributed by atoms with E-state index >= 15 is 0 Å². The quantitative estimate of drug-likeness (QED) is 0.871. The molecule has 3 rings (SSSR count). The zero-order chi connectivity index (χ0) is 16.3. The first-order valence-electron chi connectivity index (χ1n) is 8.15. The lowest BCUT2D eigenvalue weighted by Crippen LogP contribution is -2.38. The third-order valence-corrected chi connectivity index (χ3v) is 5.06. The molecule has 2 aliphatic heterocycles. The highest BCUT2D eigenvalue weighted by molar-refractivity contribution is 5.85. The van der Waals surface area contributed by atoms with E-state index in [-0.39, 0.29) is 18.2 Å². The molecule has 24 heavy (non-hydrogen) atoms. The molecule has 136 valence electrons. The topological polar surface area (TPSA) is 33.7 Å². The average molecular weight is 363 g/mol. The number of hydrogen-bond donors (Lipinski definition) is 1. The minimum absolute atomic E-state index is 0. The first kappa shape index (κ1) is 19.2. The molecule has 1 N–H and O–H groups in total. The summed E-state index contributed by atoms with van der Waals surface area (Å²) in [5.74, 6) is 0.907. The molecule has 0 aliphatic carbocycles. The van der Waals surface area contributed by atoms with Gasteiger partial charge in [0.05, 0.1) is 7.11 Å². The summed E-state index contributed by atoms with van der Waals surface area (Å²) in [7, 11) is 1.58. The highest BCUT2D eigenvalue weighted by Gasteiger charge is 2.38. The zero-order valence-corrected chi connectivity index (χ0v) is 14.7. The van der Waals surface area contributed by atoms with Crippen molar-refractivity contribution in [2.24, 2.45) is 5.41 Å². The van der Waals surface area contributed by atoms with Crippen LogP contribution in [0.2, 0.25) is 0 Å². The largest absolute Gasteiger partial charge is 0.497 e. The third-order valence-electron chi connectivity index (χ3n) is 5.06. The molecular weight excluding hydrogens is 338 g/mol. The number of nitrogens with zero attached hydrogens (tertiary/aromatic N) is 1. The minimum atomic E-state index is -2.81. The summed E-state index contributed by atoms with van der Waals surface area (Å²) >= 11 is 0. The molecule has 0 amide bonds. The molecule has 2 fully saturated rings. The Balaban J connectivity index is 0.00000208. The second kappa shape index (κ2) is 8.32. The predicted molar refractivity (Wildman–Crippen MR) is 91.3 cm³/mol. The van der Waals surface area contributed by atoms with E-state index in [1.54, 1.807) is 25.3 Å². The molecule has 7 heteroatoms. The van der Waals surface area contributed by atoms with Gasteiger partial charge in [0.25, 0.3) is 0 Å². The van der Waals surface area contributed by atoms with Crippen LogP contribution in [0.4, 0.5) is 8.78 Å². The van der Waals surface area contributed by atoms with E-state index in [4.69, 9.17) is 4.74 Å². The highest BCUT2D eigenvalue weighted by Crippen LogP contribution is 2.39. The highest BCUT2D eigenvalue weighted by atomic mass is 35.5. The molecule has 1 aromatic carbocycles. The van der Waals surface area contributed by atoms with Gasteiger partial charge in [0.15, 0.2) is 0 Å². The maximum absolute atomic E-state index is 12.6. The van der Waals surface area contributed by atoms with E-state index in [1.807, 2.05) is 0 Å². The van der Waals surface area contributed by atoms with Crippen molar-refractivity contribution in [2.75, 3.05) is 33.3 Å². The number of likely N-dealkylation sites (tertiary alicyclic amines) is 1. The van der Waals surface area contributed by atoms with Gasteiger partial charge >= 0.3 is 6.61 Å². The van der Waals surface area contributed by atoms with Gasteiger partial charge in [-0.05, 0) is 62.5 Å². The van der Waals surface area contributed by atoms with Crippen LogP contribution in [0.25, 0.3) is 0 Å². The van der Waals surface area contributed by atoms with Crippen LogP contribution >= 0.6 is 12.4 Å². The van der Waals surface area contributed by atoms with Gasteiger partial charge in [-0.1, -0.05) is 0 Å². The normalized spacial score (nSPS) is 20.2. The van der Waals surface area contributed by atoms with E-state index in [1.165, 1.54) is 19.3 Å². The monoisotopic (exact) mass is 362 g/mol. The summed E-state index contributed by atoms with van der Waals surface area (Å²) in [6.45, 7) is 2.00. The van der Waals surface area contributed by atoms with Crippen molar-refractivity contribution >= 4 is 12.4 Å². The van der Waals surface area contributed by atoms with E-state index in [2.05, 4.69) is 15.0 Å². The molecule has 2 aliphatic rings. The van der Waals surface area contributed by atoms with Crippen molar-refractivity contribution in [3.8, 4) is 11.5 Å². The number of methoxy groups -OCH3 is 1. The van der Waals surface area contributed by atoms with Crippen LogP contribution in [0.5, 0.6) is 11.5 Å². The van der Waals surface area contributed by atoms with Gasteiger partial charge in [0, 0.05) is 18.7 Å². The fraction of sp³-hybridized carbons (Fsp3) is 0.647. The SMILES string of the molecule is COc1ccc(OC(F)F)c(CN2CCC3(CCNCC3)C2)c1.Cl. The number of piperidine rings is 1. The molecule has 0 aromatic heterocycles. The summed E-state index contributed by atoms with van der Waals surface area (Å²) in [5, 5.41) is 3.41. The molecule has 0 bridgehead atoms. The number of nitrogens with one attached hydrogen (secondary N) is 1. The van der Waals surface area contributed by atoms with Gasteiger partial charge in [-0.3, -0.25) is 4.90 Å². The van der Waals surface area contributed by atoms with Crippen LogP contribution in [-0.4, -0.2) is 44.8 Å². The number of hydrogen-bond acceptors (Lipinski definition) is 4. The molecule has 0 saturated carbocycles. The van der Waals surface area contributed by atoms with Crippen molar-refractivity contribution < 1.29 is 18.3 Å². The first-order valence-corrected chi connectivity index (χ1v) is 8.15. The second-order valence-corrected chi connectivity index (χ2v) is 6.56. The summed E-state index contributed by atoms with van der Waals surface area (Å²) < 4.78 is 35.1. The van der Waals surface area contributed by atoms with E-state index in [0.717, 1.165) is 31.7 Å². The van der Waals surface area contributed by atoms with Crippen LogP contribution < -0.4 is 14.8 Å². The van der Waals surface area contributed by atoms with Crippen molar-refractivity contribution in [1.82, 2.24) is 10.2 Å². The Hall–Kier alpha value is -1.11. The van der Waals surface area contributed by atoms with E-state index in [9.17, 15) is 8.78 Å². The van der Waals surface area contributed by atoms with Gasteiger partial charge in [-0.25, -0.2) is 0 Å². The predicted octanol–water partition coefficient (Wildman–Crippen LogP) is 3.29. The van der Waals surface area contributed by atoms with E-state index < -0.39 is 6.61 Å². The summed E-state index contributed by atoms with van der Waals surface area (Å²) in [5.41, 5.74) is 1.16. The van der Waals surface area contributed by atoms with Gasteiger partial charge in [0.1, 0.15) is 11.5 Å². The Morgan fingerprint density at radius 1 is 1.25 bits per heavy atom. The van der Waals surface area contributed by atoms with Gasteiger partial charge < -0.3 is 14.8 Å². The van der Waals surface area contributed by atoms with Gasteiger partial charge in [-0.15, -0.1) is 12.4 Å². The van der Waals surface area contributed by atoms with Gasteiger partial charge in [0.2, 0.25) is 0 Å². The fourth-order valence-electron chi connectivity index (χ4n) is 3.79. The molecule has 2 saturated heterocycles. The Morgan fingerprint density at radius 2 is 2.00 bits per heavy atom. The van der Waals surface area contributed by atoms with E-state index in [0.29, 0.717) is 17.7 Å². The molecule has 4 nitrogen and oxygen atoms in total. The Labute approximate surface area is 147 Å². The van der Waals surface area contributed by atoms with Crippen LogP contribution in [0.15, 0.2) is 18.2 Å². The average Bonchev–Trinajstić information content (AvgIpc) is 2.91. The Bertz CT molecular complexity index is 539. The van der Waals surface area contributed by atoms with Crippen molar-refractivity contribution in [1.29, 1.82) is 0 Å². The molecule has 0 atom stereocenters. The summed E-state index contributed by atoms with van der Waals surface area (Å²) in [6, 6.07) is 5.02.